The molecule has 0 saturated heterocycles. The van der Waals surface area contributed by atoms with Crippen molar-refractivity contribution in [1.82, 2.24) is 15.5 Å². The zero-order valence-corrected chi connectivity index (χ0v) is 17.4. The van der Waals surface area contributed by atoms with Gasteiger partial charge >= 0.3 is 6.03 Å². The van der Waals surface area contributed by atoms with Crippen molar-refractivity contribution in [2.75, 3.05) is 6.54 Å². The summed E-state index contributed by atoms with van der Waals surface area (Å²) in [6.45, 7) is 0.744. The molecule has 2 fully saturated rings. The first-order chi connectivity index (χ1) is 15.5. The van der Waals surface area contributed by atoms with E-state index in [-0.39, 0.29) is 41.7 Å². The monoisotopic (exact) mass is 436 g/mol. The topological polar surface area (TPSA) is 128 Å². The summed E-state index contributed by atoms with van der Waals surface area (Å²) in [5.74, 6) is -1.47. The summed E-state index contributed by atoms with van der Waals surface area (Å²) in [6, 6.07) is 3.62. The van der Waals surface area contributed by atoms with Crippen molar-refractivity contribution in [2.24, 2.45) is 16.8 Å². The normalized spacial score (nSPS) is 28.6. The van der Waals surface area contributed by atoms with Gasteiger partial charge in [0.25, 0.3) is 11.8 Å². The molecule has 3 unspecified atom stereocenters. The molecule has 2 aliphatic heterocycles. The number of ketones is 1. The van der Waals surface area contributed by atoms with Gasteiger partial charge in [-0.25, -0.2) is 4.79 Å². The number of carbonyl (C=O) groups is 4. The lowest BCUT2D eigenvalue weighted by Crippen LogP contribution is -2.45. The number of rotatable bonds is 4. The highest BCUT2D eigenvalue weighted by atomic mass is 16.3. The lowest BCUT2D eigenvalue weighted by atomic mass is 10.0. The number of aliphatic hydroxyl groups excluding tert-OH is 1. The number of Topliss-reactive ketones (excluding diaryl/α,β-unsaturated/α-hetero) is 1. The number of hydrogen-bond acceptors (Lipinski definition) is 6. The van der Waals surface area contributed by atoms with Crippen LogP contribution in [0.4, 0.5) is 4.79 Å². The number of urea groups is 1. The molecule has 4 aliphatic rings. The lowest BCUT2D eigenvalue weighted by molar-refractivity contribution is -0.124. The number of imide groups is 1. The summed E-state index contributed by atoms with van der Waals surface area (Å²) in [5, 5.41) is 15.6. The zero-order valence-electron chi connectivity index (χ0n) is 17.4. The van der Waals surface area contributed by atoms with Crippen LogP contribution < -0.4 is 10.6 Å². The van der Waals surface area contributed by atoms with E-state index in [2.05, 4.69) is 15.6 Å². The van der Waals surface area contributed by atoms with Crippen LogP contribution >= 0.6 is 0 Å². The quantitative estimate of drug-likeness (QED) is 0.611. The number of allylic oxidation sites excluding steroid dienone is 1. The second-order valence-corrected chi connectivity index (χ2v) is 8.68. The van der Waals surface area contributed by atoms with Crippen LogP contribution in [0.2, 0.25) is 0 Å². The molecule has 3 N–H and O–H groups in total. The van der Waals surface area contributed by atoms with Gasteiger partial charge in [0.2, 0.25) is 0 Å². The van der Waals surface area contributed by atoms with E-state index < -0.39 is 30.0 Å². The average molecular weight is 436 g/mol. The van der Waals surface area contributed by atoms with Crippen molar-refractivity contribution < 1.29 is 24.3 Å². The minimum Gasteiger partial charge on any atom is -0.393 e. The molecule has 0 spiro atoms. The Morgan fingerprint density at radius 3 is 2.81 bits per heavy atom. The van der Waals surface area contributed by atoms with Crippen molar-refractivity contribution >= 4 is 29.8 Å². The van der Waals surface area contributed by atoms with Gasteiger partial charge in [-0.05, 0) is 43.2 Å². The van der Waals surface area contributed by atoms with Gasteiger partial charge in [-0.3, -0.25) is 24.3 Å². The van der Waals surface area contributed by atoms with E-state index in [9.17, 15) is 24.3 Å². The maximum absolute atomic E-state index is 13.3. The molecule has 2 saturated carbocycles. The molecule has 4 amide bonds. The molecule has 0 aromatic heterocycles. The SMILES string of the molecule is O=C(NCc1cccc2c1C(=O)N(C1CCC(O)[C@@H]3CC3C1=O)C2=O)NC1=CCCN=C1. The summed E-state index contributed by atoms with van der Waals surface area (Å²) in [5.41, 5.74) is 1.58. The number of carbonyl (C=O) groups excluding carboxylic acids is 4. The highest BCUT2D eigenvalue weighted by Gasteiger charge is 2.55. The fraction of sp³-hybridized carbons (Fsp3) is 0.435. The van der Waals surface area contributed by atoms with E-state index >= 15 is 0 Å². The Labute approximate surface area is 184 Å². The van der Waals surface area contributed by atoms with Gasteiger partial charge in [-0.15, -0.1) is 0 Å². The average Bonchev–Trinajstić information content (AvgIpc) is 3.57. The molecule has 0 radical (unpaired) electrons. The summed E-state index contributed by atoms with van der Waals surface area (Å²) >= 11 is 0. The van der Waals surface area contributed by atoms with Crippen LogP contribution in [-0.4, -0.2) is 58.5 Å². The predicted octanol–water partition coefficient (Wildman–Crippen LogP) is 1.17. The number of aliphatic hydroxyl groups is 1. The fourth-order valence-corrected chi connectivity index (χ4v) is 4.90. The number of fused-ring (bicyclic) bond motifs is 2. The largest absolute Gasteiger partial charge is 0.393 e. The highest BCUT2D eigenvalue weighted by Crippen LogP contribution is 2.47. The number of nitrogens with zero attached hydrogens (tertiary/aromatic N) is 2. The maximum atomic E-state index is 13.3. The van der Waals surface area contributed by atoms with Crippen LogP contribution in [0, 0.1) is 11.8 Å². The van der Waals surface area contributed by atoms with Crippen LogP contribution in [0.25, 0.3) is 0 Å². The first kappa shape index (κ1) is 20.6. The Morgan fingerprint density at radius 1 is 1.19 bits per heavy atom. The van der Waals surface area contributed by atoms with E-state index in [4.69, 9.17) is 0 Å². The summed E-state index contributed by atoms with van der Waals surface area (Å²) in [4.78, 5) is 56.7. The molecule has 5 rings (SSSR count). The molecule has 4 atom stereocenters. The second-order valence-electron chi connectivity index (χ2n) is 8.68. The Kier molecular flexibility index (Phi) is 5.13. The second kappa shape index (κ2) is 7.98. The number of hydrogen-bond donors (Lipinski definition) is 3. The predicted molar refractivity (Wildman–Crippen MR) is 114 cm³/mol. The number of amides is 4. The van der Waals surface area contributed by atoms with Gasteiger partial charge in [0.15, 0.2) is 5.78 Å². The Balaban J connectivity index is 1.33. The van der Waals surface area contributed by atoms with Crippen molar-refractivity contribution in [2.45, 2.75) is 44.4 Å². The smallest absolute Gasteiger partial charge is 0.319 e. The molecule has 2 aliphatic carbocycles. The van der Waals surface area contributed by atoms with E-state index in [1.807, 2.05) is 6.08 Å². The minimum atomic E-state index is -0.851. The molecule has 9 nitrogen and oxygen atoms in total. The molecular weight excluding hydrogens is 412 g/mol. The van der Waals surface area contributed by atoms with E-state index in [1.165, 1.54) is 0 Å². The molecule has 166 valence electrons. The number of aliphatic imine (C=N–C) groups is 1. The summed E-state index contributed by atoms with van der Waals surface area (Å²) < 4.78 is 0. The van der Waals surface area contributed by atoms with Crippen molar-refractivity contribution in [3.63, 3.8) is 0 Å². The van der Waals surface area contributed by atoms with Gasteiger partial charge in [-0.2, -0.15) is 0 Å². The highest BCUT2D eigenvalue weighted by molar-refractivity contribution is 6.23. The Morgan fingerprint density at radius 2 is 2.03 bits per heavy atom. The molecule has 1 aromatic carbocycles. The van der Waals surface area contributed by atoms with Gasteiger partial charge in [0.1, 0.15) is 0 Å². The first-order valence-electron chi connectivity index (χ1n) is 10.9. The number of nitrogens with one attached hydrogen (secondary N) is 2. The first-order valence-corrected chi connectivity index (χ1v) is 10.9. The molecule has 9 heteroatoms. The molecule has 2 heterocycles. The standard InChI is InChI=1S/C23H24N4O5/c28-18-7-6-17(20(29)16-9-15(16)18)27-21(30)14-5-1-3-12(19(14)22(27)31)10-25-23(32)26-13-4-2-8-24-11-13/h1,3-5,11,15-18,28H,2,6-10H2,(H2,25,26,32)/t15-,16?,17?,18?/m1/s1. The van der Waals surface area contributed by atoms with Gasteiger partial charge < -0.3 is 15.7 Å². The van der Waals surface area contributed by atoms with E-state index in [0.717, 1.165) is 11.3 Å². The van der Waals surface area contributed by atoms with Crippen LogP contribution in [-0.2, 0) is 11.3 Å². The molecule has 1 aromatic rings. The van der Waals surface area contributed by atoms with Crippen molar-refractivity contribution in [1.29, 1.82) is 0 Å². The third-order valence-electron chi connectivity index (χ3n) is 6.66. The van der Waals surface area contributed by atoms with Gasteiger partial charge in [-0.1, -0.05) is 18.2 Å². The van der Waals surface area contributed by atoms with Crippen molar-refractivity contribution in [3.8, 4) is 0 Å². The number of benzene rings is 1. The van der Waals surface area contributed by atoms with Gasteiger partial charge in [0, 0.05) is 25.2 Å². The van der Waals surface area contributed by atoms with Crippen LogP contribution in [0.1, 0.15) is 52.0 Å². The molecule has 0 bridgehead atoms. The molecular formula is C23H24N4O5. The zero-order chi connectivity index (χ0) is 22.4. The summed E-state index contributed by atoms with van der Waals surface area (Å²) in [7, 11) is 0. The van der Waals surface area contributed by atoms with Crippen molar-refractivity contribution in [3.05, 3.63) is 46.7 Å². The van der Waals surface area contributed by atoms with E-state index in [1.54, 1.807) is 24.4 Å². The van der Waals surface area contributed by atoms with Crippen LogP contribution in [0.5, 0.6) is 0 Å². The number of dihydropyridines is 1. The third-order valence-corrected chi connectivity index (χ3v) is 6.66. The minimum absolute atomic E-state index is 0.0499. The lowest BCUT2D eigenvalue weighted by Gasteiger charge is -2.24. The Bertz CT molecular complexity index is 1080. The van der Waals surface area contributed by atoms with Crippen LogP contribution in [0.3, 0.4) is 0 Å². The molecule has 32 heavy (non-hydrogen) atoms. The maximum Gasteiger partial charge on any atom is 0.319 e. The third kappa shape index (κ3) is 3.52. The Hall–Kier alpha value is -3.33. The van der Waals surface area contributed by atoms with Gasteiger partial charge in [0.05, 0.1) is 29.0 Å². The fourth-order valence-electron chi connectivity index (χ4n) is 4.90. The van der Waals surface area contributed by atoms with E-state index in [0.29, 0.717) is 30.6 Å². The summed E-state index contributed by atoms with van der Waals surface area (Å²) in [6.07, 6.45) is 4.93. The van der Waals surface area contributed by atoms with Crippen LogP contribution in [0.15, 0.2) is 35.0 Å².